The van der Waals surface area contributed by atoms with Crippen LogP contribution in [0.5, 0.6) is 0 Å². The third kappa shape index (κ3) is 3.33. The molecule has 0 radical (unpaired) electrons. The summed E-state index contributed by atoms with van der Waals surface area (Å²) in [5.41, 5.74) is 1.95. The fourth-order valence-corrected chi connectivity index (χ4v) is 5.14. The van der Waals surface area contributed by atoms with Gasteiger partial charge in [0, 0.05) is 29.7 Å². The number of aliphatic imine (C=N–C) groups is 1. The first-order valence-electron chi connectivity index (χ1n) is 9.07. The highest BCUT2D eigenvalue weighted by Crippen LogP contribution is 2.44. The van der Waals surface area contributed by atoms with Gasteiger partial charge in [-0.1, -0.05) is 22.0 Å². The van der Waals surface area contributed by atoms with E-state index in [2.05, 4.69) is 32.4 Å². The Bertz CT molecular complexity index is 933. The molecule has 3 heterocycles. The molecule has 0 aromatic heterocycles. The highest BCUT2D eigenvalue weighted by molar-refractivity contribution is 9.10. The summed E-state index contributed by atoms with van der Waals surface area (Å²) in [5, 5.41) is 0.640. The largest absolute Gasteiger partial charge is 0.372 e. The Kier molecular flexibility index (Phi) is 5.20. The van der Waals surface area contributed by atoms with Gasteiger partial charge in [-0.2, -0.15) is 4.99 Å². The quantitative estimate of drug-likeness (QED) is 0.498. The molecule has 6 nitrogen and oxygen atoms in total. The minimum absolute atomic E-state index is 0.0618. The summed E-state index contributed by atoms with van der Waals surface area (Å²) in [6, 6.07) is 5.65. The van der Waals surface area contributed by atoms with Gasteiger partial charge in [-0.25, -0.2) is 0 Å². The number of amides is 2. The summed E-state index contributed by atoms with van der Waals surface area (Å²) in [5.74, 6) is -0.550. The third-order valence-electron chi connectivity index (χ3n) is 4.79. The summed E-state index contributed by atoms with van der Waals surface area (Å²) in [4.78, 5) is 34.2. The monoisotopic (exact) mass is 461 g/mol. The second kappa shape index (κ2) is 7.50. The number of nitrogens with zero attached hydrogens (tertiary/aromatic N) is 3. The van der Waals surface area contributed by atoms with E-state index in [0.717, 1.165) is 15.7 Å². The molecule has 2 amide bonds. The molecule has 1 aromatic rings. The predicted molar refractivity (Wildman–Crippen MR) is 115 cm³/mol. The number of carbonyl (C=O) groups excluding carboxylic acids is 2. The Labute approximate surface area is 176 Å². The van der Waals surface area contributed by atoms with Crippen LogP contribution in [-0.2, 0) is 14.3 Å². The average molecular weight is 462 g/mol. The Hall–Kier alpha value is -1.90. The Morgan fingerprint density at radius 1 is 1.32 bits per heavy atom. The molecule has 3 aliphatic rings. The maximum atomic E-state index is 13.1. The number of hydrogen-bond acceptors (Lipinski definition) is 5. The lowest BCUT2D eigenvalue weighted by molar-refractivity contribution is -0.115. The highest BCUT2D eigenvalue weighted by Gasteiger charge is 2.40. The molecular weight excluding hydrogens is 442 g/mol. The van der Waals surface area contributed by atoms with Gasteiger partial charge < -0.3 is 14.5 Å². The molecular formula is C20H20BrN3O3S. The lowest BCUT2D eigenvalue weighted by Crippen LogP contribution is -2.47. The molecule has 28 heavy (non-hydrogen) atoms. The minimum Gasteiger partial charge on any atom is -0.372 e. The summed E-state index contributed by atoms with van der Waals surface area (Å²) in [6.07, 6.45) is 1.80. The van der Waals surface area contributed by atoms with Crippen molar-refractivity contribution in [3.8, 4) is 0 Å². The highest BCUT2D eigenvalue weighted by atomic mass is 79.9. The molecule has 0 spiro atoms. The number of benzene rings is 1. The second-order valence-electron chi connectivity index (χ2n) is 7.03. The molecule has 0 saturated carbocycles. The average Bonchev–Trinajstić information content (AvgIpc) is 3.12. The van der Waals surface area contributed by atoms with Crippen molar-refractivity contribution in [1.29, 1.82) is 0 Å². The van der Waals surface area contributed by atoms with Gasteiger partial charge in [-0.3, -0.25) is 9.59 Å². The van der Waals surface area contributed by atoms with Gasteiger partial charge in [-0.05, 0) is 43.8 Å². The summed E-state index contributed by atoms with van der Waals surface area (Å²) in [6.45, 7) is 9.48. The maximum Gasteiger partial charge on any atom is 0.287 e. The van der Waals surface area contributed by atoms with E-state index in [-0.39, 0.29) is 24.0 Å². The van der Waals surface area contributed by atoms with Gasteiger partial charge in [0.05, 0.1) is 28.4 Å². The first kappa shape index (κ1) is 19.4. The van der Waals surface area contributed by atoms with Gasteiger partial charge in [-0.15, -0.1) is 6.58 Å². The Morgan fingerprint density at radius 2 is 2.04 bits per heavy atom. The van der Waals surface area contributed by atoms with E-state index in [9.17, 15) is 9.59 Å². The Morgan fingerprint density at radius 3 is 2.71 bits per heavy atom. The molecule has 0 unspecified atom stereocenters. The zero-order valence-electron chi connectivity index (χ0n) is 15.6. The molecule has 1 aromatic carbocycles. The lowest BCUT2D eigenvalue weighted by Gasteiger charge is -2.35. The normalized spacial score (nSPS) is 27.3. The van der Waals surface area contributed by atoms with Crippen LogP contribution in [0.4, 0.5) is 5.69 Å². The van der Waals surface area contributed by atoms with E-state index in [1.165, 1.54) is 11.8 Å². The predicted octanol–water partition coefficient (Wildman–Crippen LogP) is 3.43. The number of ether oxygens (including phenoxy) is 1. The van der Waals surface area contributed by atoms with Gasteiger partial charge in [0.1, 0.15) is 0 Å². The number of fused-ring (bicyclic) bond motifs is 1. The van der Waals surface area contributed by atoms with Gasteiger partial charge in [0.15, 0.2) is 5.17 Å². The van der Waals surface area contributed by atoms with Crippen LogP contribution in [-0.4, -0.2) is 53.7 Å². The molecule has 0 aliphatic carbocycles. The van der Waals surface area contributed by atoms with Crippen molar-refractivity contribution in [3.63, 3.8) is 0 Å². The van der Waals surface area contributed by atoms with Crippen molar-refractivity contribution < 1.29 is 14.3 Å². The molecule has 146 valence electrons. The van der Waals surface area contributed by atoms with E-state index in [1.54, 1.807) is 11.0 Å². The van der Waals surface area contributed by atoms with E-state index in [4.69, 9.17) is 4.74 Å². The number of thioether (sulfide) groups is 1. The van der Waals surface area contributed by atoms with Gasteiger partial charge >= 0.3 is 0 Å². The van der Waals surface area contributed by atoms with Crippen LogP contribution < -0.4 is 4.90 Å². The fourth-order valence-electron chi connectivity index (χ4n) is 3.76. The van der Waals surface area contributed by atoms with Crippen LogP contribution in [0.2, 0.25) is 0 Å². The molecule has 4 rings (SSSR count). The molecule has 1 saturated heterocycles. The first-order chi connectivity index (χ1) is 13.4. The van der Waals surface area contributed by atoms with Crippen LogP contribution in [0.25, 0.3) is 5.57 Å². The number of anilines is 1. The lowest BCUT2D eigenvalue weighted by atomic mass is 10.1. The number of hydrogen-bond donors (Lipinski definition) is 0. The van der Waals surface area contributed by atoms with Crippen molar-refractivity contribution in [2.45, 2.75) is 26.1 Å². The molecule has 2 atom stereocenters. The smallest absolute Gasteiger partial charge is 0.287 e. The third-order valence-corrected chi connectivity index (χ3v) is 6.40. The van der Waals surface area contributed by atoms with E-state index < -0.39 is 0 Å². The standard InChI is InChI=1S/C20H20BrN3O3S/c1-4-7-24-15-6-5-13(21)8-14(15)16(19(24)26)17-18(25)22-20(28-17)23-9-11(2)27-12(3)10-23/h4-6,8,11-12H,1,7,9-10H2,2-3H3/b17-16-/t11-,12+. The summed E-state index contributed by atoms with van der Waals surface area (Å²) >= 11 is 4.75. The van der Waals surface area contributed by atoms with E-state index in [0.29, 0.717) is 35.3 Å². The minimum atomic E-state index is -0.360. The Balaban J connectivity index is 1.72. The molecule has 1 fully saturated rings. The molecule has 0 N–H and O–H groups in total. The number of halogens is 1. The summed E-state index contributed by atoms with van der Waals surface area (Å²) in [7, 11) is 0. The zero-order chi connectivity index (χ0) is 20.0. The van der Waals surface area contributed by atoms with E-state index >= 15 is 0 Å². The van der Waals surface area contributed by atoms with Gasteiger partial charge in [0.25, 0.3) is 11.8 Å². The van der Waals surface area contributed by atoms with Crippen LogP contribution in [0.3, 0.4) is 0 Å². The SMILES string of the molecule is C=CCN1C(=O)/C(=C2\SC(N3C[C@@H](C)O[C@@H](C)C3)=NC2=O)c2cc(Br)ccc21. The van der Waals surface area contributed by atoms with Crippen LogP contribution in [0.1, 0.15) is 19.4 Å². The number of amidine groups is 1. The van der Waals surface area contributed by atoms with Crippen molar-refractivity contribution in [3.05, 3.63) is 45.8 Å². The van der Waals surface area contributed by atoms with Gasteiger partial charge in [0.2, 0.25) is 0 Å². The summed E-state index contributed by atoms with van der Waals surface area (Å²) < 4.78 is 6.62. The van der Waals surface area contributed by atoms with Crippen LogP contribution >= 0.6 is 27.7 Å². The fraction of sp³-hybridized carbons (Fsp3) is 0.350. The first-order valence-corrected chi connectivity index (χ1v) is 10.7. The maximum absolute atomic E-state index is 13.1. The number of morpholine rings is 1. The van der Waals surface area contributed by atoms with Crippen LogP contribution in [0, 0.1) is 0 Å². The van der Waals surface area contributed by atoms with Crippen molar-refractivity contribution >= 4 is 55.9 Å². The molecule has 3 aliphatic heterocycles. The van der Waals surface area contributed by atoms with Crippen molar-refractivity contribution in [2.24, 2.45) is 4.99 Å². The zero-order valence-corrected chi connectivity index (χ0v) is 18.0. The molecule has 8 heteroatoms. The van der Waals surface area contributed by atoms with Crippen molar-refractivity contribution in [2.75, 3.05) is 24.5 Å². The van der Waals surface area contributed by atoms with Crippen molar-refractivity contribution in [1.82, 2.24) is 4.90 Å². The van der Waals surface area contributed by atoms with E-state index in [1.807, 2.05) is 32.0 Å². The number of rotatable bonds is 2. The topological polar surface area (TPSA) is 62.2 Å². The molecule has 0 bridgehead atoms. The number of carbonyl (C=O) groups is 2. The second-order valence-corrected chi connectivity index (χ2v) is 8.93. The van der Waals surface area contributed by atoms with Crippen LogP contribution in [0.15, 0.2) is 45.2 Å².